The second kappa shape index (κ2) is 6.16. The quantitative estimate of drug-likeness (QED) is 0.805. The van der Waals surface area contributed by atoms with E-state index in [1.165, 1.54) is 0 Å². The lowest BCUT2D eigenvalue weighted by atomic mass is 10.1. The topological polar surface area (TPSA) is 46.5 Å². The Balaban J connectivity index is 2.60. The van der Waals surface area contributed by atoms with Crippen molar-refractivity contribution in [1.82, 2.24) is 0 Å². The van der Waals surface area contributed by atoms with Gasteiger partial charge in [-0.3, -0.25) is 4.79 Å². The molecule has 88 valence electrons. The largest absolute Gasteiger partial charge is 0.490 e. The van der Waals surface area contributed by atoms with Crippen LogP contribution < -0.4 is 4.74 Å². The Morgan fingerprint density at radius 3 is 2.25 bits per heavy atom. The first-order valence-electron chi connectivity index (χ1n) is 5.63. The lowest BCUT2D eigenvalue weighted by Gasteiger charge is -2.15. The van der Waals surface area contributed by atoms with Crippen LogP contribution >= 0.6 is 0 Å². The smallest absolute Gasteiger partial charge is 0.307 e. The van der Waals surface area contributed by atoms with Crippen molar-refractivity contribution in [2.75, 3.05) is 0 Å². The summed E-state index contributed by atoms with van der Waals surface area (Å²) in [6.45, 7) is 4.18. The van der Waals surface area contributed by atoms with Gasteiger partial charge in [0.05, 0.1) is 12.5 Å². The number of benzene rings is 1. The van der Waals surface area contributed by atoms with E-state index in [0.29, 0.717) is 0 Å². The molecule has 0 saturated carbocycles. The van der Waals surface area contributed by atoms with Crippen LogP contribution in [0.15, 0.2) is 24.3 Å². The molecule has 1 rings (SSSR count). The fraction of sp³-hybridized carbons (Fsp3) is 0.462. The Hall–Kier alpha value is -1.51. The molecular weight excluding hydrogens is 204 g/mol. The van der Waals surface area contributed by atoms with Crippen LogP contribution in [-0.4, -0.2) is 17.2 Å². The molecule has 3 heteroatoms. The highest BCUT2D eigenvalue weighted by atomic mass is 16.5. The summed E-state index contributed by atoms with van der Waals surface area (Å²) in [5.74, 6) is -0.00324. The van der Waals surface area contributed by atoms with Crippen LogP contribution in [0.25, 0.3) is 0 Å². The number of carboxylic acid groups (broad SMARTS) is 1. The molecule has 0 amide bonds. The van der Waals surface area contributed by atoms with Crippen LogP contribution in [0.3, 0.4) is 0 Å². The third kappa shape index (κ3) is 3.93. The van der Waals surface area contributed by atoms with Gasteiger partial charge in [-0.1, -0.05) is 26.0 Å². The van der Waals surface area contributed by atoms with Gasteiger partial charge in [0.2, 0.25) is 0 Å². The monoisotopic (exact) mass is 222 g/mol. The van der Waals surface area contributed by atoms with Gasteiger partial charge in [-0.2, -0.15) is 0 Å². The zero-order chi connectivity index (χ0) is 12.0. The first kappa shape index (κ1) is 12.6. The van der Waals surface area contributed by atoms with Gasteiger partial charge in [-0.05, 0) is 30.5 Å². The normalized spacial score (nSPS) is 10.4. The van der Waals surface area contributed by atoms with Gasteiger partial charge in [0.25, 0.3) is 0 Å². The minimum absolute atomic E-state index is 0.0608. The maximum Gasteiger partial charge on any atom is 0.307 e. The predicted molar refractivity (Wildman–Crippen MR) is 62.8 cm³/mol. The molecule has 0 saturated heterocycles. The summed E-state index contributed by atoms with van der Waals surface area (Å²) in [6, 6.07) is 7.25. The summed E-state index contributed by atoms with van der Waals surface area (Å²) in [6.07, 6.45) is 2.26. The molecule has 0 aliphatic heterocycles. The third-order valence-corrected chi connectivity index (χ3v) is 2.49. The Labute approximate surface area is 96.1 Å². The molecule has 16 heavy (non-hydrogen) atoms. The standard InChI is InChI=1S/C13H18O3/c1-3-11(4-2)16-12-7-5-10(6-8-12)9-13(14)15/h5-8,11H,3-4,9H2,1-2H3,(H,14,15). The first-order valence-corrected chi connectivity index (χ1v) is 5.63. The molecule has 0 aliphatic carbocycles. The summed E-state index contributed by atoms with van der Waals surface area (Å²) in [5, 5.41) is 8.63. The van der Waals surface area contributed by atoms with Crippen LogP contribution in [0.5, 0.6) is 5.75 Å². The predicted octanol–water partition coefficient (Wildman–Crippen LogP) is 2.88. The highest BCUT2D eigenvalue weighted by molar-refractivity contribution is 5.70. The van der Waals surface area contributed by atoms with Crippen molar-refractivity contribution in [3.63, 3.8) is 0 Å². The third-order valence-electron chi connectivity index (χ3n) is 2.49. The molecule has 0 radical (unpaired) electrons. The zero-order valence-electron chi connectivity index (χ0n) is 9.77. The summed E-state index contributed by atoms with van der Waals surface area (Å²) in [5.41, 5.74) is 0.796. The van der Waals surface area contributed by atoms with Crippen molar-refractivity contribution in [1.29, 1.82) is 0 Å². The Kier molecular flexibility index (Phi) is 4.83. The summed E-state index contributed by atoms with van der Waals surface area (Å²) in [7, 11) is 0. The lowest BCUT2D eigenvalue weighted by molar-refractivity contribution is -0.136. The lowest BCUT2D eigenvalue weighted by Crippen LogP contribution is -2.13. The number of carbonyl (C=O) groups is 1. The molecule has 0 bridgehead atoms. The Bertz CT molecular complexity index is 326. The van der Waals surface area contributed by atoms with Crippen molar-refractivity contribution in [2.24, 2.45) is 0 Å². The number of hydrogen-bond donors (Lipinski definition) is 1. The van der Waals surface area contributed by atoms with E-state index in [4.69, 9.17) is 9.84 Å². The molecular formula is C13H18O3. The summed E-state index contributed by atoms with van der Waals surface area (Å²) < 4.78 is 5.73. The highest BCUT2D eigenvalue weighted by Crippen LogP contribution is 2.16. The Morgan fingerprint density at radius 2 is 1.81 bits per heavy atom. The molecule has 0 aliphatic rings. The van der Waals surface area contributed by atoms with Gasteiger partial charge in [0, 0.05) is 0 Å². The SMILES string of the molecule is CCC(CC)Oc1ccc(CC(=O)O)cc1. The number of rotatable bonds is 6. The molecule has 3 nitrogen and oxygen atoms in total. The van der Waals surface area contributed by atoms with Crippen molar-refractivity contribution in [3.8, 4) is 5.75 Å². The van der Waals surface area contributed by atoms with Crippen molar-refractivity contribution >= 4 is 5.97 Å². The second-order valence-electron chi connectivity index (χ2n) is 3.77. The minimum Gasteiger partial charge on any atom is -0.490 e. The highest BCUT2D eigenvalue weighted by Gasteiger charge is 2.05. The minimum atomic E-state index is -0.811. The van der Waals surface area contributed by atoms with Crippen LogP contribution in [0.2, 0.25) is 0 Å². The van der Waals surface area contributed by atoms with Gasteiger partial charge >= 0.3 is 5.97 Å². The van der Waals surface area contributed by atoms with E-state index in [-0.39, 0.29) is 12.5 Å². The molecule has 1 aromatic carbocycles. The number of hydrogen-bond acceptors (Lipinski definition) is 2. The molecule has 0 aromatic heterocycles. The van der Waals surface area contributed by atoms with Gasteiger partial charge in [0.1, 0.15) is 5.75 Å². The van der Waals surface area contributed by atoms with Gasteiger partial charge < -0.3 is 9.84 Å². The van der Waals surface area contributed by atoms with E-state index < -0.39 is 5.97 Å². The van der Waals surface area contributed by atoms with Crippen LogP contribution in [0.4, 0.5) is 0 Å². The van der Waals surface area contributed by atoms with E-state index in [1.807, 2.05) is 12.1 Å². The van der Waals surface area contributed by atoms with Gasteiger partial charge in [-0.25, -0.2) is 0 Å². The molecule has 0 heterocycles. The average molecular weight is 222 g/mol. The summed E-state index contributed by atoms with van der Waals surface area (Å²) in [4.78, 5) is 10.5. The maximum absolute atomic E-state index is 10.5. The zero-order valence-corrected chi connectivity index (χ0v) is 9.77. The van der Waals surface area contributed by atoms with E-state index >= 15 is 0 Å². The number of carboxylic acids is 1. The molecule has 0 unspecified atom stereocenters. The number of ether oxygens (including phenoxy) is 1. The molecule has 0 atom stereocenters. The molecule has 0 spiro atoms. The first-order chi connectivity index (χ1) is 7.65. The van der Waals surface area contributed by atoms with E-state index in [2.05, 4.69) is 13.8 Å². The fourth-order valence-corrected chi connectivity index (χ4v) is 1.51. The molecule has 1 N–H and O–H groups in total. The van der Waals surface area contributed by atoms with Crippen molar-refractivity contribution in [3.05, 3.63) is 29.8 Å². The molecule has 0 fully saturated rings. The van der Waals surface area contributed by atoms with E-state index in [9.17, 15) is 4.79 Å². The Morgan fingerprint density at radius 1 is 1.25 bits per heavy atom. The van der Waals surface area contributed by atoms with Crippen molar-refractivity contribution in [2.45, 2.75) is 39.2 Å². The van der Waals surface area contributed by atoms with Gasteiger partial charge in [-0.15, -0.1) is 0 Å². The van der Waals surface area contributed by atoms with Crippen molar-refractivity contribution < 1.29 is 14.6 Å². The van der Waals surface area contributed by atoms with Crippen LogP contribution in [-0.2, 0) is 11.2 Å². The second-order valence-corrected chi connectivity index (χ2v) is 3.77. The fourth-order valence-electron chi connectivity index (χ4n) is 1.51. The van der Waals surface area contributed by atoms with E-state index in [1.54, 1.807) is 12.1 Å². The van der Waals surface area contributed by atoms with E-state index in [0.717, 1.165) is 24.2 Å². The van der Waals surface area contributed by atoms with Gasteiger partial charge in [0.15, 0.2) is 0 Å². The summed E-state index contributed by atoms with van der Waals surface area (Å²) >= 11 is 0. The molecule has 1 aromatic rings. The average Bonchev–Trinajstić information content (AvgIpc) is 2.27. The van der Waals surface area contributed by atoms with Crippen LogP contribution in [0.1, 0.15) is 32.3 Å². The maximum atomic E-state index is 10.5. The number of aliphatic carboxylic acids is 1. The van der Waals surface area contributed by atoms with Crippen LogP contribution in [0, 0.1) is 0 Å².